The predicted molar refractivity (Wildman–Crippen MR) is 155 cm³/mol. The third-order valence-corrected chi connectivity index (χ3v) is 8.81. The maximum absolute atomic E-state index is 14.3. The molecule has 0 radical (unpaired) electrons. The van der Waals surface area contributed by atoms with Gasteiger partial charge in [0, 0.05) is 63.2 Å². The van der Waals surface area contributed by atoms with Crippen molar-refractivity contribution in [2.75, 3.05) is 51.8 Å². The quantitative estimate of drug-likeness (QED) is 0.326. The Morgan fingerprint density at radius 2 is 1.88 bits per heavy atom. The van der Waals surface area contributed by atoms with Gasteiger partial charge in [-0.2, -0.15) is 18.2 Å². The summed E-state index contributed by atoms with van der Waals surface area (Å²) in [6.45, 7) is 5.44. The minimum absolute atomic E-state index is 0.0347. The van der Waals surface area contributed by atoms with Gasteiger partial charge in [0.2, 0.25) is 5.88 Å². The molecule has 9 nitrogen and oxygen atoms in total. The first kappa shape index (κ1) is 30.0. The minimum atomic E-state index is -4.61. The van der Waals surface area contributed by atoms with Crippen LogP contribution in [0.25, 0.3) is 0 Å². The third kappa shape index (κ3) is 5.87. The highest BCUT2D eigenvalue weighted by atomic mass is 19.4. The molecule has 226 valence electrons. The second kappa shape index (κ2) is 11.6. The Bertz CT molecular complexity index is 1370. The van der Waals surface area contributed by atoms with Crippen LogP contribution in [0.5, 0.6) is 5.88 Å². The Morgan fingerprint density at radius 3 is 2.48 bits per heavy atom. The van der Waals surface area contributed by atoms with Crippen molar-refractivity contribution in [3.05, 3.63) is 52.1 Å². The maximum Gasteiger partial charge on any atom is 0.416 e. The van der Waals surface area contributed by atoms with Crippen molar-refractivity contribution in [2.45, 2.75) is 57.3 Å². The molecule has 1 aromatic carbocycles. The van der Waals surface area contributed by atoms with Crippen LogP contribution in [0, 0.1) is 10.8 Å². The Hall–Kier alpha value is -3.51. The van der Waals surface area contributed by atoms with E-state index >= 15 is 0 Å². The van der Waals surface area contributed by atoms with Gasteiger partial charge in [0.15, 0.2) is 0 Å². The molecule has 42 heavy (non-hydrogen) atoms. The monoisotopic (exact) mass is 585 g/mol. The zero-order chi connectivity index (χ0) is 30.2. The molecule has 0 spiro atoms. The molecule has 1 aliphatic carbocycles. The molecular formula is C30H38F3N7O2. The number of rotatable bonds is 9. The molecule has 1 aromatic heterocycles. The van der Waals surface area contributed by atoms with Crippen molar-refractivity contribution < 1.29 is 22.7 Å². The molecule has 12 heteroatoms. The van der Waals surface area contributed by atoms with Crippen molar-refractivity contribution in [1.82, 2.24) is 19.7 Å². The van der Waals surface area contributed by atoms with Crippen LogP contribution in [-0.4, -0.2) is 84.6 Å². The van der Waals surface area contributed by atoms with Crippen LogP contribution in [0.4, 0.5) is 19.0 Å². The van der Waals surface area contributed by atoms with Crippen LogP contribution in [0.1, 0.15) is 65.2 Å². The Morgan fingerprint density at radius 1 is 1.17 bits per heavy atom. The summed E-state index contributed by atoms with van der Waals surface area (Å²) >= 11 is 0. The fourth-order valence-corrected chi connectivity index (χ4v) is 6.11. The number of alkyl halides is 3. The number of halogens is 3. The van der Waals surface area contributed by atoms with Gasteiger partial charge in [-0.15, -0.1) is 0 Å². The number of amidine groups is 1. The number of amides is 1. The van der Waals surface area contributed by atoms with Gasteiger partial charge in [0.05, 0.1) is 25.1 Å². The normalized spacial score (nSPS) is 18.9. The number of carbonyl (C=O) groups is 1. The standard InChI is InChI=1S/C30H38F3N7O2/c1-4-42-27-15-21(29(6-5-7-29)16-25(35)38(3)19-34)14-26(36-27)40-18-23-22(28(40)41)12-20(13-24(23)30(31,32)33)17-39-10-8-37(2)9-11-39/h12-15,19,34-35H,4-11,16-18H2,1-3H3. The van der Waals surface area contributed by atoms with Gasteiger partial charge >= 0.3 is 6.18 Å². The van der Waals surface area contributed by atoms with Gasteiger partial charge in [-0.1, -0.05) is 6.42 Å². The molecule has 0 bridgehead atoms. The summed E-state index contributed by atoms with van der Waals surface area (Å²) in [4.78, 5) is 25.4. The summed E-state index contributed by atoms with van der Waals surface area (Å²) in [5.74, 6) is 0.304. The number of anilines is 1. The van der Waals surface area contributed by atoms with E-state index in [0.29, 0.717) is 31.0 Å². The molecule has 2 fully saturated rings. The molecule has 0 unspecified atom stereocenters. The van der Waals surface area contributed by atoms with Crippen LogP contribution >= 0.6 is 0 Å². The zero-order valence-corrected chi connectivity index (χ0v) is 24.4. The van der Waals surface area contributed by atoms with Crippen LogP contribution in [-0.2, 0) is 24.7 Å². The predicted octanol–water partition coefficient (Wildman–Crippen LogP) is 4.73. The van der Waals surface area contributed by atoms with Gasteiger partial charge in [-0.25, -0.2) is 0 Å². The van der Waals surface area contributed by atoms with E-state index in [2.05, 4.69) is 14.8 Å². The number of nitrogens with one attached hydrogen (secondary N) is 2. The Balaban J connectivity index is 1.50. The number of likely N-dealkylation sites (N-methyl/N-ethyl adjacent to an activating group) is 1. The van der Waals surface area contributed by atoms with Crippen LogP contribution < -0.4 is 9.64 Å². The second-order valence-electron chi connectivity index (χ2n) is 11.6. The average Bonchev–Trinajstić information content (AvgIpc) is 3.26. The zero-order valence-electron chi connectivity index (χ0n) is 24.4. The lowest BCUT2D eigenvalue weighted by molar-refractivity contribution is -0.138. The van der Waals surface area contributed by atoms with Crippen molar-refractivity contribution in [3.8, 4) is 5.88 Å². The van der Waals surface area contributed by atoms with E-state index in [1.807, 2.05) is 20.0 Å². The molecular weight excluding hydrogens is 547 g/mol. The lowest BCUT2D eigenvalue weighted by Gasteiger charge is -2.43. The highest BCUT2D eigenvalue weighted by molar-refractivity contribution is 6.10. The van der Waals surface area contributed by atoms with E-state index in [4.69, 9.17) is 15.6 Å². The Kier molecular flexibility index (Phi) is 8.30. The number of hydrogen-bond donors (Lipinski definition) is 2. The summed E-state index contributed by atoms with van der Waals surface area (Å²) in [5.41, 5.74) is 0.153. The summed E-state index contributed by atoms with van der Waals surface area (Å²) in [6.07, 6.45) is -0.565. The first-order valence-corrected chi connectivity index (χ1v) is 14.4. The van der Waals surface area contributed by atoms with E-state index in [1.165, 1.54) is 15.9 Å². The van der Waals surface area contributed by atoms with Gasteiger partial charge in [0.25, 0.3) is 5.91 Å². The summed E-state index contributed by atoms with van der Waals surface area (Å²) in [6, 6.07) is 6.38. The first-order valence-electron chi connectivity index (χ1n) is 14.4. The van der Waals surface area contributed by atoms with Crippen molar-refractivity contribution in [3.63, 3.8) is 0 Å². The number of piperazine rings is 1. The number of hydrogen-bond acceptors (Lipinski definition) is 7. The lowest BCUT2D eigenvalue weighted by atomic mass is 9.62. The van der Waals surface area contributed by atoms with E-state index in [0.717, 1.165) is 57.3 Å². The van der Waals surface area contributed by atoms with Gasteiger partial charge in [-0.05, 0) is 61.7 Å². The van der Waals surface area contributed by atoms with E-state index in [1.54, 1.807) is 19.2 Å². The van der Waals surface area contributed by atoms with Gasteiger partial charge in [0.1, 0.15) is 11.7 Å². The number of pyridine rings is 1. The van der Waals surface area contributed by atoms with Crippen LogP contribution in [0.2, 0.25) is 0 Å². The third-order valence-electron chi connectivity index (χ3n) is 8.81. The molecule has 1 saturated carbocycles. The number of benzene rings is 1. The summed E-state index contributed by atoms with van der Waals surface area (Å²) in [5, 5.41) is 16.0. The SMILES string of the molecule is CCOc1cc(C2(CC(=N)N(C)C=N)CCC2)cc(N2Cc3c(cc(CN4CCN(C)CC4)cc3C(F)(F)F)C2=O)n1. The van der Waals surface area contributed by atoms with Crippen molar-refractivity contribution >= 4 is 23.9 Å². The number of nitrogens with zero attached hydrogens (tertiary/aromatic N) is 5. The van der Waals surface area contributed by atoms with Gasteiger partial charge in [-0.3, -0.25) is 25.4 Å². The molecule has 2 aromatic rings. The molecule has 2 aliphatic heterocycles. The number of carbonyl (C=O) groups excluding carboxylic acids is 1. The Labute approximate surface area is 244 Å². The number of aromatic nitrogens is 1. The molecule has 3 aliphatic rings. The van der Waals surface area contributed by atoms with E-state index in [-0.39, 0.29) is 29.3 Å². The highest BCUT2D eigenvalue weighted by Gasteiger charge is 2.43. The summed E-state index contributed by atoms with van der Waals surface area (Å²) < 4.78 is 48.8. The van der Waals surface area contributed by atoms with E-state index in [9.17, 15) is 18.0 Å². The van der Waals surface area contributed by atoms with Crippen LogP contribution in [0.15, 0.2) is 24.3 Å². The second-order valence-corrected chi connectivity index (χ2v) is 11.6. The van der Waals surface area contributed by atoms with Crippen LogP contribution in [0.3, 0.4) is 0 Å². The van der Waals surface area contributed by atoms with Gasteiger partial charge < -0.3 is 14.5 Å². The van der Waals surface area contributed by atoms with Crippen molar-refractivity contribution in [2.24, 2.45) is 0 Å². The highest BCUT2D eigenvalue weighted by Crippen LogP contribution is 2.49. The fourth-order valence-electron chi connectivity index (χ4n) is 6.11. The molecule has 1 amide bonds. The largest absolute Gasteiger partial charge is 0.478 e. The smallest absolute Gasteiger partial charge is 0.416 e. The maximum atomic E-state index is 14.3. The molecule has 2 N–H and O–H groups in total. The topological polar surface area (TPSA) is 99.9 Å². The average molecular weight is 586 g/mol. The first-order chi connectivity index (χ1) is 19.9. The lowest BCUT2D eigenvalue weighted by Crippen LogP contribution is -2.43. The van der Waals surface area contributed by atoms with E-state index < -0.39 is 23.1 Å². The van der Waals surface area contributed by atoms with Crippen molar-refractivity contribution in [1.29, 1.82) is 10.8 Å². The fraction of sp³-hybridized carbons (Fsp3) is 0.533. The molecule has 0 atom stereocenters. The number of fused-ring (bicyclic) bond motifs is 1. The minimum Gasteiger partial charge on any atom is -0.478 e. The summed E-state index contributed by atoms with van der Waals surface area (Å²) in [7, 11) is 3.68. The molecule has 3 heterocycles. The molecule has 5 rings (SSSR count). The molecule has 1 saturated heterocycles. The number of ether oxygens (including phenoxy) is 1.